The molecule has 1 radical (unpaired) electrons. The van der Waals surface area contributed by atoms with Gasteiger partial charge in [0.15, 0.2) is 0 Å². The smallest absolute Gasteiger partial charge is 0.323 e. The Balaban J connectivity index is 2.62. The van der Waals surface area contributed by atoms with Crippen molar-refractivity contribution in [1.29, 1.82) is 5.26 Å². The van der Waals surface area contributed by atoms with Crippen molar-refractivity contribution >= 4 is 11.8 Å². The van der Waals surface area contributed by atoms with E-state index in [-0.39, 0.29) is 0 Å². The SMILES string of the molecule is N#CC1(NC(=O)[C@H](CC(N)=O)[C](F)F)CC1. The van der Waals surface area contributed by atoms with Gasteiger partial charge in [-0.1, -0.05) is 0 Å². The molecule has 3 N–H and O–H groups in total. The van der Waals surface area contributed by atoms with Gasteiger partial charge in [-0.25, -0.2) is 0 Å². The molecule has 0 heterocycles. The predicted octanol–water partition coefficient (Wildman–Crippen LogP) is 0.0789. The first-order valence-corrected chi connectivity index (χ1v) is 4.59. The summed E-state index contributed by atoms with van der Waals surface area (Å²) < 4.78 is 24.7. The Bertz CT molecular complexity index is 347. The van der Waals surface area contributed by atoms with Crippen molar-refractivity contribution in [2.24, 2.45) is 11.7 Å². The van der Waals surface area contributed by atoms with E-state index < -0.39 is 36.1 Å². The first kappa shape index (κ1) is 12.4. The maximum absolute atomic E-state index is 12.4. The van der Waals surface area contributed by atoms with Crippen LogP contribution in [0.5, 0.6) is 0 Å². The number of nitrogens with one attached hydrogen (secondary N) is 1. The molecule has 1 fully saturated rings. The van der Waals surface area contributed by atoms with E-state index in [9.17, 15) is 18.4 Å². The lowest BCUT2D eigenvalue weighted by Gasteiger charge is -2.15. The van der Waals surface area contributed by atoms with Crippen molar-refractivity contribution in [3.05, 3.63) is 6.43 Å². The van der Waals surface area contributed by atoms with Gasteiger partial charge < -0.3 is 11.1 Å². The number of amides is 2. The van der Waals surface area contributed by atoms with Crippen LogP contribution in [0, 0.1) is 23.7 Å². The number of primary amides is 1. The zero-order chi connectivity index (χ0) is 12.3. The summed E-state index contributed by atoms with van der Waals surface area (Å²) >= 11 is 0. The monoisotopic (exact) mass is 230 g/mol. The van der Waals surface area contributed by atoms with E-state index in [4.69, 9.17) is 11.0 Å². The average molecular weight is 230 g/mol. The van der Waals surface area contributed by atoms with E-state index in [1.54, 1.807) is 0 Å². The minimum absolute atomic E-state index is 0.437. The highest BCUT2D eigenvalue weighted by Gasteiger charge is 2.47. The maximum Gasteiger partial charge on any atom is 0.323 e. The minimum Gasteiger partial charge on any atom is -0.370 e. The largest absolute Gasteiger partial charge is 0.370 e. The maximum atomic E-state index is 12.4. The Morgan fingerprint density at radius 2 is 2.06 bits per heavy atom. The highest BCUT2D eigenvalue weighted by Crippen LogP contribution is 2.35. The van der Waals surface area contributed by atoms with E-state index in [1.165, 1.54) is 0 Å². The topological polar surface area (TPSA) is 96.0 Å². The summed E-state index contributed by atoms with van der Waals surface area (Å²) in [6, 6.07) is 1.83. The molecule has 0 bridgehead atoms. The molecule has 0 aromatic carbocycles. The molecule has 7 heteroatoms. The van der Waals surface area contributed by atoms with Gasteiger partial charge in [-0.2, -0.15) is 14.0 Å². The van der Waals surface area contributed by atoms with Gasteiger partial charge in [0, 0.05) is 6.42 Å². The summed E-state index contributed by atoms with van der Waals surface area (Å²) in [5.74, 6) is -3.88. The number of hydrogen-bond acceptors (Lipinski definition) is 3. The third kappa shape index (κ3) is 2.89. The summed E-state index contributed by atoms with van der Waals surface area (Å²) in [4.78, 5) is 21.9. The van der Waals surface area contributed by atoms with E-state index in [0.717, 1.165) is 0 Å². The van der Waals surface area contributed by atoms with Crippen molar-refractivity contribution in [1.82, 2.24) is 5.32 Å². The van der Waals surface area contributed by atoms with Crippen LogP contribution >= 0.6 is 0 Å². The number of nitrogens with zero attached hydrogens (tertiary/aromatic N) is 1. The zero-order valence-corrected chi connectivity index (χ0v) is 8.30. The fraction of sp³-hybridized carbons (Fsp3) is 0.556. The molecule has 1 atom stereocenters. The summed E-state index contributed by atoms with van der Waals surface area (Å²) in [6.07, 6.45) is -2.06. The van der Waals surface area contributed by atoms with Gasteiger partial charge in [0.2, 0.25) is 11.8 Å². The van der Waals surface area contributed by atoms with Crippen LogP contribution in [-0.4, -0.2) is 17.4 Å². The number of nitriles is 1. The van der Waals surface area contributed by atoms with Gasteiger partial charge >= 0.3 is 6.43 Å². The van der Waals surface area contributed by atoms with E-state index >= 15 is 0 Å². The third-order valence-electron chi connectivity index (χ3n) is 2.31. The fourth-order valence-corrected chi connectivity index (χ4v) is 1.18. The number of carbonyl (C=O) groups is 2. The van der Waals surface area contributed by atoms with E-state index in [1.807, 2.05) is 6.07 Å². The molecule has 0 aromatic rings. The Labute approximate surface area is 90.6 Å². The van der Waals surface area contributed by atoms with Crippen molar-refractivity contribution in [2.45, 2.75) is 24.8 Å². The molecule has 2 amide bonds. The normalized spacial score (nSPS) is 18.6. The number of carbonyl (C=O) groups excluding carboxylic acids is 2. The summed E-state index contributed by atoms with van der Waals surface area (Å²) in [7, 11) is 0. The van der Waals surface area contributed by atoms with Gasteiger partial charge in [-0.05, 0) is 12.8 Å². The van der Waals surface area contributed by atoms with Crippen LogP contribution in [0.2, 0.25) is 0 Å². The molecule has 0 saturated heterocycles. The first-order valence-electron chi connectivity index (χ1n) is 4.59. The highest BCUT2D eigenvalue weighted by atomic mass is 19.3. The van der Waals surface area contributed by atoms with Gasteiger partial charge in [0.1, 0.15) is 11.5 Å². The second-order valence-electron chi connectivity index (χ2n) is 3.70. The van der Waals surface area contributed by atoms with Crippen LogP contribution in [0.3, 0.4) is 0 Å². The molecule has 1 saturated carbocycles. The molecule has 87 valence electrons. The molecule has 1 aliphatic rings. The second-order valence-corrected chi connectivity index (χ2v) is 3.70. The van der Waals surface area contributed by atoms with Gasteiger partial charge in [-0.3, -0.25) is 9.59 Å². The standard InChI is InChI=1S/C9H10F2N3O2/c10-7(11)5(3-6(13)15)8(16)14-9(4-12)1-2-9/h5H,1-3H2,(H2,13,15)(H,14,16)/t5-/m1/s1. The molecular formula is C9H10F2N3O2. The molecule has 16 heavy (non-hydrogen) atoms. The van der Waals surface area contributed by atoms with Crippen molar-refractivity contribution < 1.29 is 18.4 Å². The van der Waals surface area contributed by atoms with Crippen LogP contribution in [0.4, 0.5) is 8.78 Å². The van der Waals surface area contributed by atoms with Crippen molar-refractivity contribution in [3.63, 3.8) is 0 Å². The molecule has 1 rings (SSSR count). The average Bonchev–Trinajstić information content (AvgIpc) is 2.94. The summed E-state index contributed by atoms with van der Waals surface area (Å²) in [5.41, 5.74) is 3.72. The lowest BCUT2D eigenvalue weighted by atomic mass is 10.0. The quantitative estimate of drug-likeness (QED) is 0.699. The lowest BCUT2D eigenvalue weighted by Crippen LogP contribution is -2.41. The van der Waals surface area contributed by atoms with Crippen LogP contribution < -0.4 is 11.1 Å². The molecule has 0 unspecified atom stereocenters. The Morgan fingerprint density at radius 3 is 2.38 bits per heavy atom. The summed E-state index contributed by atoms with van der Waals surface area (Å²) in [5, 5.41) is 10.9. The molecule has 0 aromatic heterocycles. The van der Waals surface area contributed by atoms with Crippen LogP contribution in [0.1, 0.15) is 19.3 Å². The first-order chi connectivity index (χ1) is 7.40. The fourth-order valence-electron chi connectivity index (χ4n) is 1.18. The molecule has 5 nitrogen and oxygen atoms in total. The molecule has 0 aliphatic heterocycles. The Morgan fingerprint density at radius 1 is 1.50 bits per heavy atom. The van der Waals surface area contributed by atoms with Gasteiger partial charge in [-0.15, -0.1) is 0 Å². The predicted molar refractivity (Wildman–Crippen MR) is 48.5 cm³/mol. The number of hydrogen-bond donors (Lipinski definition) is 2. The van der Waals surface area contributed by atoms with Gasteiger partial charge in [0.25, 0.3) is 0 Å². The third-order valence-corrected chi connectivity index (χ3v) is 2.31. The zero-order valence-electron chi connectivity index (χ0n) is 8.30. The molecular weight excluding hydrogens is 220 g/mol. The van der Waals surface area contributed by atoms with E-state index in [2.05, 4.69) is 5.32 Å². The molecule has 1 aliphatic carbocycles. The lowest BCUT2D eigenvalue weighted by molar-refractivity contribution is -0.131. The number of rotatable bonds is 5. The van der Waals surface area contributed by atoms with Gasteiger partial charge in [0.05, 0.1) is 6.07 Å². The number of nitrogens with two attached hydrogens (primary N) is 1. The van der Waals surface area contributed by atoms with Crippen molar-refractivity contribution in [2.75, 3.05) is 0 Å². The van der Waals surface area contributed by atoms with Crippen molar-refractivity contribution in [3.8, 4) is 6.07 Å². The highest BCUT2D eigenvalue weighted by molar-refractivity contribution is 5.87. The Hall–Kier alpha value is -1.71. The summed E-state index contributed by atoms with van der Waals surface area (Å²) in [6.45, 7) is 0. The number of halogens is 2. The van der Waals surface area contributed by atoms with Crippen LogP contribution in [-0.2, 0) is 9.59 Å². The van der Waals surface area contributed by atoms with Crippen LogP contribution in [0.15, 0.2) is 0 Å². The van der Waals surface area contributed by atoms with E-state index in [0.29, 0.717) is 12.8 Å². The van der Waals surface area contributed by atoms with Crippen LogP contribution in [0.25, 0.3) is 0 Å². The second kappa shape index (κ2) is 4.43. The Kier molecular flexibility index (Phi) is 3.42. The molecule has 0 spiro atoms. The minimum atomic E-state index is -2.18.